The minimum atomic E-state index is -0.0801. The molecule has 0 aliphatic rings. The molecule has 0 saturated heterocycles. The van der Waals surface area contributed by atoms with Crippen LogP contribution >= 0.6 is 22.9 Å². The molecule has 0 aliphatic carbocycles. The molecule has 0 bridgehead atoms. The van der Waals surface area contributed by atoms with E-state index in [1.807, 2.05) is 11.4 Å². The number of nitrogens with zero attached hydrogens (tertiary/aromatic N) is 3. The molecule has 6 heteroatoms. The van der Waals surface area contributed by atoms with Crippen molar-refractivity contribution in [2.45, 2.75) is 6.54 Å². The second-order valence-corrected chi connectivity index (χ2v) is 4.99. The minimum Gasteiger partial charge on any atom is -0.308 e. The van der Waals surface area contributed by atoms with Crippen LogP contribution in [-0.2, 0) is 6.54 Å². The number of hydrogen-bond donors (Lipinski definition) is 0. The van der Waals surface area contributed by atoms with Crippen molar-refractivity contribution in [1.29, 1.82) is 0 Å². The summed E-state index contributed by atoms with van der Waals surface area (Å²) < 4.78 is 1.55. The summed E-state index contributed by atoms with van der Waals surface area (Å²) in [5.41, 5.74) is -0.0801. The Morgan fingerprint density at radius 2 is 2.17 bits per heavy atom. The molecule has 0 unspecified atom stereocenters. The zero-order valence-electron chi connectivity index (χ0n) is 9.21. The normalized spacial score (nSPS) is 10.9. The van der Waals surface area contributed by atoms with Gasteiger partial charge in [-0.15, -0.1) is 11.3 Å². The highest BCUT2D eigenvalue weighted by Crippen LogP contribution is 2.24. The van der Waals surface area contributed by atoms with Crippen molar-refractivity contribution in [3.05, 3.63) is 57.2 Å². The van der Waals surface area contributed by atoms with Crippen molar-refractivity contribution in [3.63, 3.8) is 0 Å². The Bertz CT molecular complexity index is 765. The van der Waals surface area contributed by atoms with Gasteiger partial charge in [0.2, 0.25) is 0 Å². The summed E-state index contributed by atoms with van der Waals surface area (Å²) >= 11 is 7.59. The minimum absolute atomic E-state index is 0.0801. The molecule has 18 heavy (non-hydrogen) atoms. The third kappa shape index (κ3) is 2.02. The second-order valence-electron chi connectivity index (χ2n) is 3.74. The molecule has 0 N–H and O–H groups in total. The van der Waals surface area contributed by atoms with Crippen LogP contribution in [0.2, 0.25) is 5.15 Å². The summed E-state index contributed by atoms with van der Waals surface area (Å²) in [6.07, 6.45) is 1.71. The fourth-order valence-electron chi connectivity index (χ4n) is 1.67. The standard InChI is InChI=1S/C12H8ClN3OS/c13-11-8-4-6-18-12(8)15-9(14-11)7-16-5-2-1-3-10(16)17/h1-6H,7H2. The molecule has 0 aliphatic heterocycles. The molecule has 3 heterocycles. The van der Waals surface area contributed by atoms with Gasteiger partial charge in [0.15, 0.2) is 5.82 Å². The van der Waals surface area contributed by atoms with Crippen LogP contribution in [0.25, 0.3) is 10.2 Å². The van der Waals surface area contributed by atoms with Crippen molar-refractivity contribution in [1.82, 2.24) is 14.5 Å². The van der Waals surface area contributed by atoms with E-state index in [4.69, 9.17) is 11.6 Å². The molecule has 0 radical (unpaired) electrons. The van der Waals surface area contributed by atoms with E-state index >= 15 is 0 Å². The Morgan fingerprint density at radius 1 is 1.28 bits per heavy atom. The maximum absolute atomic E-state index is 11.6. The summed E-state index contributed by atoms with van der Waals surface area (Å²) in [6.45, 7) is 0.327. The molecule has 0 amide bonds. The first kappa shape index (κ1) is 11.4. The van der Waals surface area contributed by atoms with Crippen LogP contribution in [0.4, 0.5) is 0 Å². The number of pyridine rings is 1. The van der Waals surface area contributed by atoms with Crippen molar-refractivity contribution in [3.8, 4) is 0 Å². The molecule has 3 aromatic rings. The van der Waals surface area contributed by atoms with Crippen LogP contribution in [0.5, 0.6) is 0 Å². The van der Waals surface area contributed by atoms with Gasteiger partial charge in [-0.3, -0.25) is 4.79 Å². The molecule has 3 aromatic heterocycles. The highest BCUT2D eigenvalue weighted by Gasteiger charge is 2.07. The number of fused-ring (bicyclic) bond motifs is 1. The summed E-state index contributed by atoms with van der Waals surface area (Å²) in [4.78, 5) is 21.0. The number of halogens is 1. The maximum atomic E-state index is 11.6. The van der Waals surface area contributed by atoms with E-state index in [0.717, 1.165) is 10.2 Å². The van der Waals surface area contributed by atoms with E-state index in [2.05, 4.69) is 9.97 Å². The van der Waals surface area contributed by atoms with Gasteiger partial charge in [-0.05, 0) is 17.5 Å². The SMILES string of the molecule is O=c1ccccn1Cc1nc(Cl)c2ccsc2n1. The summed E-state index contributed by atoms with van der Waals surface area (Å²) in [7, 11) is 0. The fraction of sp³-hybridized carbons (Fsp3) is 0.0833. The van der Waals surface area contributed by atoms with E-state index in [-0.39, 0.29) is 5.56 Å². The lowest BCUT2D eigenvalue weighted by Crippen LogP contribution is -2.19. The molecular weight excluding hydrogens is 270 g/mol. The number of hydrogen-bond acceptors (Lipinski definition) is 4. The van der Waals surface area contributed by atoms with Crippen LogP contribution in [0.3, 0.4) is 0 Å². The number of thiophene rings is 1. The Balaban J connectivity index is 2.05. The van der Waals surface area contributed by atoms with Crippen LogP contribution in [-0.4, -0.2) is 14.5 Å². The van der Waals surface area contributed by atoms with Crippen molar-refractivity contribution < 1.29 is 0 Å². The quantitative estimate of drug-likeness (QED) is 0.677. The monoisotopic (exact) mass is 277 g/mol. The van der Waals surface area contributed by atoms with Gasteiger partial charge in [-0.2, -0.15) is 0 Å². The lowest BCUT2D eigenvalue weighted by Gasteiger charge is -2.04. The predicted molar refractivity (Wildman–Crippen MR) is 72.2 cm³/mol. The highest BCUT2D eigenvalue weighted by molar-refractivity contribution is 7.16. The summed E-state index contributed by atoms with van der Waals surface area (Å²) in [5, 5.41) is 3.20. The molecule has 0 aromatic carbocycles. The Kier molecular flexibility index (Phi) is 2.85. The van der Waals surface area contributed by atoms with Crippen molar-refractivity contribution in [2.75, 3.05) is 0 Å². The van der Waals surface area contributed by atoms with Crippen molar-refractivity contribution in [2.24, 2.45) is 0 Å². The zero-order valence-corrected chi connectivity index (χ0v) is 10.8. The van der Waals surface area contributed by atoms with Gasteiger partial charge < -0.3 is 4.57 Å². The average molecular weight is 278 g/mol. The Hall–Kier alpha value is -1.72. The Morgan fingerprint density at radius 3 is 3.00 bits per heavy atom. The molecule has 90 valence electrons. The third-order valence-electron chi connectivity index (χ3n) is 2.54. The molecule has 0 spiro atoms. The lowest BCUT2D eigenvalue weighted by atomic mass is 10.4. The summed E-state index contributed by atoms with van der Waals surface area (Å²) in [5.74, 6) is 0.545. The number of aromatic nitrogens is 3. The van der Waals surface area contributed by atoms with Crippen LogP contribution in [0.1, 0.15) is 5.82 Å². The number of rotatable bonds is 2. The van der Waals surface area contributed by atoms with Gasteiger partial charge in [0.1, 0.15) is 9.98 Å². The average Bonchev–Trinajstić information content (AvgIpc) is 2.81. The lowest BCUT2D eigenvalue weighted by molar-refractivity contribution is 0.719. The first-order chi connectivity index (χ1) is 8.74. The van der Waals surface area contributed by atoms with Crippen LogP contribution < -0.4 is 5.56 Å². The van der Waals surface area contributed by atoms with Gasteiger partial charge >= 0.3 is 0 Å². The van der Waals surface area contributed by atoms with E-state index in [1.54, 1.807) is 22.9 Å². The topological polar surface area (TPSA) is 47.8 Å². The smallest absolute Gasteiger partial charge is 0.250 e. The second kappa shape index (κ2) is 4.51. The third-order valence-corrected chi connectivity index (χ3v) is 3.63. The van der Waals surface area contributed by atoms with E-state index < -0.39 is 0 Å². The van der Waals surface area contributed by atoms with Crippen molar-refractivity contribution >= 4 is 33.2 Å². The van der Waals surface area contributed by atoms with Crippen LogP contribution in [0, 0.1) is 0 Å². The van der Waals surface area contributed by atoms with Crippen LogP contribution in [0.15, 0.2) is 40.6 Å². The van der Waals surface area contributed by atoms with Gasteiger partial charge in [0, 0.05) is 17.6 Å². The molecule has 4 nitrogen and oxygen atoms in total. The largest absolute Gasteiger partial charge is 0.308 e. The molecular formula is C12H8ClN3OS. The van der Waals surface area contributed by atoms with E-state index in [1.165, 1.54) is 17.4 Å². The fourth-order valence-corrected chi connectivity index (χ4v) is 2.76. The first-order valence-electron chi connectivity index (χ1n) is 5.29. The highest BCUT2D eigenvalue weighted by atomic mass is 35.5. The predicted octanol–water partition coefficient (Wildman–Crippen LogP) is 2.55. The molecule has 3 rings (SSSR count). The zero-order chi connectivity index (χ0) is 12.5. The van der Waals surface area contributed by atoms with E-state index in [0.29, 0.717) is 17.5 Å². The first-order valence-corrected chi connectivity index (χ1v) is 6.55. The van der Waals surface area contributed by atoms with Gasteiger partial charge in [-0.25, -0.2) is 9.97 Å². The molecule has 0 saturated carbocycles. The van der Waals surface area contributed by atoms with E-state index in [9.17, 15) is 4.79 Å². The molecule has 0 atom stereocenters. The molecule has 0 fully saturated rings. The maximum Gasteiger partial charge on any atom is 0.250 e. The van der Waals surface area contributed by atoms with Gasteiger partial charge in [-0.1, -0.05) is 17.7 Å². The van der Waals surface area contributed by atoms with Gasteiger partial charge in [0.05, 0.1) is 6.54 Å². The summed E-state index contributed by atoms with van der Waals surface area (Å²) in [6, 6.07) is 6.90. The van der Waals surface area contributed by atoms with Gasteiger partial charge in [0.25, 0.3) is 5.56 Å². The Labute approximate surface area is 112 Å².